The van der Waals surface area contributed by atoms with E-state index in [1.54, 1.807) is 19.1 Å². The number of rotatable bonds is 8. The third-order valence-electron chi connectivity index (χ3n) is 3.67. The van der Waals surface area contributed by atoms with Gasteiger partial charge in [0.1, 0.15) is 0 Å². The Morgan fingerprint density at radius 2 is 2.12 bits per heavy atom. The van der Waals surface area contributed by atoms with Crippen LogP contribution in [0.25, 0.3) is 0 Å². The van der Waals surface area contributed by atoms with Crippen LogP contribution in [0.5, 0.6) is 0 Å². The number of hydrogen-bond acceptors (Lipinski definition) is 8. The van der Waals surface area contributed by atoms with Gasteiger partial charge in [-0.15, -0.1) is 10.2 Å². The normalized spacial score (nSPS) is 14.2. The van der Waals surface area contributed by atoms with Gasteiger partial charge in [0.25, 0.3) is 0 Å². The molecule has 1 heterocycles. The number of nitrogens with zero attached hydrogens (tertiary/aromatic N) is 2. The van der Waals surface area contributed by atoms with E-state index in [1.165, 1.54) is 36.2 Å². The van der Waals surface area contributed by atoms with Gasteiger partial charge in [-0.05, 0) is 44.5 Å². The molecule has 1 aliphatic carbocycles. The van der Waals surface area contributed by atoms with E-state index in [2.05, 4.69) is 25.6 Å². The topological polar surface area (TPSA) is 113 Å². The molecule has 0 radical (unpaired) electrons. The first-order valence-corrected chi connectivity index (χ1v) is 11.2. The number of aryl methyl sites for hydroxylation is 1. The molecule has 0 aliphatic heterocycles. The van der Waals surface area contributed by atoms with Crippen LogP contribution in [0, 0.1) is 6.92 Å². The molecule has 0 atom stereocenters. The highest BCUT2D eigenvalue weighted by atomic mass is 32.2. The fourth-order valence-electron chi connectivity index (χ4n) is 2.13. The second-order valence-corrected chi connectivity index (χ2v) is 9.87. The quantitative estimate of drug-likeness (QED) is 0.568. The molecule has 0 bridgehead atoms. The summed E-state index contributed by atoms with van der Waals surface area (Å²) in [5.74, 6) is -0.0707. The van der Waals surface area contributed by atoms with Crippen LogP contribution in [0.1, 0.15) is 18.4 Å². The molecule has 1 saturated carbocycles. The van der Waals surface area contributed by atoms with Gasteiger partial charge in [0.05, 0.1) is 10.6 Å². The number of carbonyl (C=O) groups excluding carboxylic acids is 1. The van der Waals surface area contributed by atoms with E-state index in [0.717, 1.165) is 18.0 Å². The predicted molar refractivity (Wildman–Crippen MR) is 103 cm³/mol. The lowest BCUT2D eigenvalue weighted by Crippen LogP contribution is -2.20. The van der Waals surface area contributed by atoms with Crippen LogP contribution >= 0.6 is 23.1 Å². The summed E-state index contributed by atoms with van der Waals surface area (Å²) in [6.45, 7) is 1.70. The third kappa shape index (κ3) is 4.93. The molecule has 1 aromatic heterocycles. The fraction of sp³-hybridized carbons (Fsp3) is 0.400. The molecule has 2 aromatic rings. The Morgan fingerprint density at radius 3 is 2.81 bits per heavy atom. The summed E-state index contributed by atoms with van der Waals surface area (Å²) in [6, 6.07) is 5.29. The maximum Gasteiger partial charge on any atom is 0.240 e. The number of thioether (sulfide) groups is 1. The Kier molecular flexibility index (Phi) is 5.80. The van der Waals surface area contributed by atoms with Crippen LogP contribution < -0.4 is 15.4 Å². The number of amides is 1. The first-order valence-electron chi connectivity index (χ1n) is 7.94. The Bertz CT molecular complexity index is 909. The van der Waals surface area contributed by atoms with Crippen molar-refractivity contribution in [3.8, 4) is 0 Å². The summed E-state index contributed by atoms with van der Waals surface area (Å²) >= 11 is 2.72. The Hall–Kier alpha value is -1.69. The SMILES string of the molecule is CNS(=O)(=O)c1cc(NC(=O)CSc2nnc(NC3CC3)s2)ccc1C. The fourth-order valence-corrected chi connectivity index (χ4v) is 4.75. The van der Waals surface area contributed by atoms with Crippen molar-refractivity contribution >= 4 is 49.8 Å². The standard InChI is InChI=1S/C15H19N5O3S3/c1-9-3-4-11(7-12(9)26(22,23)16-2)17-13(21)8-24-15-20-19-14(25-15)18-10-5-6-10/h3-4,7,10,16H,5-6,8H2,1-2H3,(H,17,21)(H,18,19). The zero-order valence-electron chi connectivity index (χ0n) is 14.3. The lowest BCUT2D eigenvalue weighted by Gasteiger charge is -2.10. The van der Waals surface area contributed by atoms with Crippen molar-refractivity contribution in [2.24, 2.45) is 0 Å². The number of benzene rings is 1. The molecule has 26 heavy (non-hydrogen) atoms. The highest BCUT2D eigenvalue weighted by Gasteiger charge is 2.22. The number of carbonyl (C=O) groups is 1. The van der Waals surface area contributed by atoms with Gasteiger partial charge in [-0.2, -0.15) is 0 Å². The van der Waals surface area contributed by atoms with Crippen molar-refractivity contribution in [1.29, 1.82) is 0 Å². The molecular weight excluding hydrogens is 394 g/mol. The van der Waals surface area contributed by atoms with Gasteiger partial charge in [-0.25, -0.2) is 13.1 Å². The van der Waals surface area contributed by atoms with E-state index < -0.39 is 10.0 Å². The highest BCUT2D eigenvalue weighted by Crippen LogP contribution is 2.30. The van der Waals surface area contributed by atoms with Crippen LogP contribution in [0.15, 0.2) is 27.4 Å². The van der Waals surface area contributed by atoms with Crippen molar-refractivity contribution in [2.45, 2.75) is 35.0 Å². The van der Waals surface area contributed by atoms with E-state index >= 15 is 0 Å². The minimum atomic E-state index is -3.57. The molecule has 1 amide bonds. The average Bonchev–Trinajstić information content (AvgIpc) is 3.31. The third-order valence-corrected chi connectivity index (χ3v) is 7.21. The Balaban J connectivity index is 1.57. The average molecular weight is 414 g/mol. The van der Waals surface area contributed by atoms with Gasteiger partial charge in [0, 0.05) is 11.7 Å². The maximum absolute atomic E-state index is 12.1. The number of anilines is 2. The summed E-state index contributed by atoms with van der Waals surface area (Å²) in [5, 5.41) is 14.8. The van der Waals surface area contributed by atoms with Crippen molar-refractivity contribution in [3.63, 3.8) is 0 Å². The van der Waals surface area contributed by atoms with E-state index in [0.29, 0.717) is 21.6 Å². The second kappa shape index (κ2) is 7.91. The summed E-state index contributed by atoms with van der Waals surface area (Å²) in [7, 11) is -2.22. The summed E-state index contributed by atoms with van der Waals surface area (Å²) in [5.41, 5.74) is 1.04. The number of aromatic nitrogens is 2. The van der Waals surface area contributed by atoms with Gasteiger partial charge in [0.15, 0.2) is 4.34 Å². The molecule has 0 spiro atoms. The van der Waals surface area contributed by atoms with E-state index in [4.69, 9.17) is 0 Å². The summed E-state index contributed by atoms with van der Waals surface area (Å²) in [4.78, 5) is 12.3. The maximum atomic E-state index is 12.1. The summed E-state index contributed by atoms with van der Waals surface area (Å²) in [6.07, 6.45) is 2.32. The molecule has 11 heteroatoms. The predicted octanol–water partition coefficient (Wildman–Crippen LogP) is 2.06. The molecule has 140 valence electrons. The number of nitrogens with one attached hydrogen (secondary N) is 3. The van der Waals surface area contributed by atoms with Crippen LogP contribution in [-0.4, -0.2) is 43.4 Å². The molecule has 1 aromatic carbocycles. The molecule has 3 rings (SSSR count). The minimum Gasteiger partial charge on any atom is -0.357 e. The number of sulfonamides is 1. The van der Waals surface area contributed by atoms with Crippen molar-refractivity contribution in [1.82, 2.24) is 14.9 Å². The van der Waals surface area contributed by atoms with E-state index in [9.17, 15) is 13.2 Å². The first-order chi connectivity index (χ1) is 12.4. The Morgan fingerprint density at radius 1 is 1.35 bits per heavy atom. The largest absolute Gasteiger partial charge is 0.357 e. The zero-order chi connectivity index (χ0) is 18.7. The van der Waals surface area contributed by atoms with Crippen molar-refractivity contribution in [2.75, 3.05) is 23.4 Å². The molecule has 0 saturated heterocycles. The smallest absolute Gasteiger partial charge is 0.240 e. The Labute approximate surface area is 160 Å². The molecule has 1 fully saturated rings. The molecular formula is C15H19N5O3S3. The van der Waals surface area contributed by atoms with Gasteiger partial charge in [-0.1, -0.05) is 29.2 Å². The number of hydrogen-bond donors (Lipinski definition) is 3. The van der Waals surface area contributed by atoms with Crippen LogP contribution in [-0.2, 0) is 14.8 Å². The van der Waals surface area contributed by atoms with Crippen LogP contribution in [0.3, 0.4) is 0 Å². The van der Waals surface area contributed by atoms with Gasteiger partial charge in [-0.3, -0.25) is 4.79 Å². The van der Waals surface area contributed by atoms with Crippen LogP contribution in [0.2, 0.25) is 0 Å². The molecule has 1 aliphatic rings. The van der Waals surface area contributed by atoms with Crippen LogP contribution in [0.4, 0.5) is 10.8 Å². The van der Waals surface area contributed by atoms with Gasteiger partial charge in [0.2, 0.25) is 21.1 Å². The van der Waals surface area contributed by atoms with Gasteiger partial charge < -0.3 is 10.6 Å². The highest BCUT2D eigenvalue weighted by molar-refractivity contribution is 8.01. The van der Waals surface area contributed by atoms with Gasteiger partial charge >= 0.3 is 0 Å². The van der Waals surface area contributed by atoms with E-state index in [1.807, 2.05) is 0 Å². The second-order valence-electron chi connectivity index (χ2n) is 5.82. The lowest BCUT2D eigenvalue weighted by molar-refractivity contribution is -0.113. The molecule has 8 nitrogen and oxygen atoms in total. The molecule has 0 unspecified atom stereocenters. The molecule has 3 N–H and O–H groups in total. The zero-order valence-corrected chi connectivity index (χ0v) is 16.7. The van der Waals surface area contributed by atoms with E-state index in [-0.39, 0.29) is 16.6 Å². The summed E-state index contributed by atoms with van der Waals surface area (Å²) < 4.78 is 27.0. The lowest BCUT2D eigenvalue weighted by atomic mass is 10.2. The first kappa shape index (κ1) is 19.1. The minimum absolute atomic E-state index is 0.144. The van der Waals surface area contributed by atoms with Crippen molar-refractivity contribution < 1.29 is 13.2 Å². The van der Waals surface area contributed by atoms with Crippen molar-refractivity contribution in [3.05, 3.63) is 23.8 Å². The monoisotopic (exact) mass is 413 g/mol.